The van der Waals surface area contributed by atoms with E-state index in [0.29, 0.717) is 5.75 Å². The van der Waals surface area contributed by atoms with E-state index in [-0.39, 0.29) is 12.5 Å². The normalized spacial score (nSPS) is 10.4. The van der Waals surface area contributed by atoms with Gasteiger partial charge in [-0.1, -0.05) is 42.5 Å². The Hall–Kier alpha value is -1.78. The highest BCUT2D eigenvalue weighted by Crippen LogP contribution is 2.16. The Morgan fingerprint density at radius 3 is 2.29 bits per heavy atom. The van der Waals surface area contributed by atoms with Crippen LogP contribution in [0.25, 0.3) is 0 Å². The second kappa shape index (κ2) is 7.86. The average molecular weight is 301 g/mol. The van der Waals surface area contributed by atoms with Gasteiger partial charge < -0.3 is 10.0 Å². The summed E-state index contributed by atoms with van der Waals surface area (Å²) in [6, 6.07) is 17.4. The van der Waals surface area contributed by atoms with E-state index in [2.05, 4.69) is 0 Å². The molecule has 0 unspecified atom stereocenters. The molecule has 0 saturated heterocycles. The van der Waals surface area contributed by atoms with E-state index in [1.54, 1.807) is 23.7 Å². The summed E-state index contributed by atoms with van der Waals surface area (Å²) in [7, 11) is 1.80. The number of hydrogen-bond acceptors (Lipinski definition) is 3. The molecule has 0 aromatic heterocycles. The molecule has 0 aliphatic rings. The molecule has 0 heterocycles. The SMILES string of the molecule is CN(C(=O)CSCc1ccc(CO)cc1)c1ccccc1. The minimum Gasteiger partial charge on any atom is -0.392 e. The van der Waals surface area contributed by atoms with Crippen molar-refractivity contribution in [2.45, 2.75) is 12.4 Å². The monoisotopic (exact) mass is 301 g/mol. The Morgan fingerprint density at radius 1 is 1.05 bits per heavy atom. The fourth-order valence-electron chi connectivity index (χ4n) is 1.89. The zero-order valence-corrected chi connectivity index (χ0v) is 12.8. The van der Waals surface area contributed by atoms with Gasteiger partial charge in [-0.3, -0.25) is 4.79 Å². The highest BCUT2D eigenvalue weighted by molar-refractivity contribution is 7.99. The van der Waals surface area contributed by atoms with Gasteiger partial charge in [0.25, 0.3) is 0 Å². The molecule has 1 N–H and O–H groups in total. The van der Waals surface area contributed by atoms with E-state index in [1.807, 2.05) is 54.6 Å². The van der Waals surface area contributed by atoms with Gasteiger partial charge >= 0.3 is 0 Å². The summed E-state index contributed by atoms with van der Waals surface area (Å²) in [5, 5.41) is 8.99. The molecule has 0 bridgehead atoms. The molecule has 3 nitrogen and oxygen atoms in total. The first-order valence-corrected chi connectivity index (χ1v) is 7.94. The zero-order chi connectivity index (χ0) is 15.1. The minimum atomic E-state index is 0.0633. The molecule has 2 rings (SSSR count). The number of hydrogen-bond donors (Lipinski definition) is 1. The van der Waals surface area contributed by atoms with Gasteiger partial charge in [0, 0.05) is 18.5 Å². The molecule has 0 atom stereocenters. The van der Waals surface area contributed by atoms with Crippen LogP contribution in [-0.2, 0) is 17.2 Å². The third kappa shape index (κ3) is 4.62. The quantitative estimate of drug-likeness (QED) is 0.891. The average Bonchev–Trinajstić information content (AvgIpc) is 2.55. The number of carbonyl (C=O) groups excluding carboxylic acids is 1. The molecule has 0 saturated carbocycles. The van der Waals surface area contributed by atoms with Crippen LogP contribution in [0.1, 0.15) is 11.1 Å². The fourth-order valence-corrected chi connectivity index (χ4v) is 2.79. The van der Waals surface area contributed by atoms with Crippen molar-refractivity contribution in [1.82, 2.24) is 0 Å². The van der Waals surface area contributed by atoms with Gasteiger partial charge in [-0.25, -0.2) is 0 Å². The fraction of sp³-hybridized carbons (Fsp3) is 0.235. The van der Waals surface area contributed by atoms with Crippen LogP contribution in [0.3, 0.4) is 0 Å². The van der Waals surface area contributed by atoms with Gasteiger partial charge in [0.2, 0.25) is 5.91 Å². The van der Waals surface area contributed by atoms with Crippen molar-refractivity contribution in [3.63, 3.8) is 0 Å². The summed E-state index contributed by atoms with van der Waals surface area (Å²) in [6.45, 7) is 0.0633. The number of aliphatic hydroxyl groups excluding tert-OH is 1. The predicted molar refractivity (Wildman–Crippen MR) is 88.4 cm³/mol. The largest absolute Gasteiger partial charge is 0.392 e. The summed E-state index contributed by atoms with van der Waals surface area (Å²) in [6.07, 6.45) is 0. The summed E-state index contributed by atoms with van der Waals surface area (Å²) in [4.78, 5) is 13.8. The maximum Gasteiger partial charge on any atom is 0.236 e. The van der Waals surface area contributed by atoms with Crippen molar-refractivity contribution in [1.29, 1.82) is 0 Å². The molecule has 110 valence electrons. The van der Waals surface area contributed by atoms with Crippen LogP contribution in [0, 0.1) is 0 Å². The van der Waals surface area contributed by atoms with E-state index >= 15 is 0 Å². The lowest BCUT2D eigenvalue weighted by Gasteiger charge is -2.16. The highest BCUT2D eigenvalue weighted by Gasteiger charge is 2.10. The standard InChI is InChI=1S/C17H19NO2S/c1-18(16-5-3-2-4-6-16)17(20)13-21-12-15-9-7-14(11-19)8-10-15/h2-10,19H,11-13H2,1H3. The van der Waals surface area contributed by atoms with E-state index in [0.717, 1.165) is 22.6 Å². The molecule has 0 spiro atoms. The Bertz CT molecular complexity index is 569. The summed E-state index contributed by atoms with van der Waals surface area (Å²) in [5.74, 6) is 1.34. The lowest BCUT2D eigenvalue weighted by atomic mass is 10.2. The number of benzene rings is 2. The lowest BCUT2D eigenvalue weighted by molar-refractivity contribution is -0.115. The number of thioether (sulfide) groups is 1. The molecule has 4 heteroatoms. The number of nitrogens with zero attached hydrogens (tertiary/aromatic N) is 1. The lowest BCUT2D eigenvalue weighted by Crippen LogP contribution is -2.27. The van der Waals surface area contributed by atoms with Gasteiger partial charge in [-0.05, 0) is 23.3 Å². The number of para-hydroxylation sites is 1. The molecule has 0 fully saturated rings. The summed E-state index contributed by atoms with van der Waals surface area (Å²) in [5.41, 5.74) is 2.98. The number of aliphatic hydroxyl groups is 1. The van der Waals surface area contributed by atoms with Crippen molar-refractivity contribution in [2.24, 2.45) is 0 Å². The smallest absolute Gasteiger partial charge is 0.236 e. The molecule has 21 heavy (non-hydrogen) atoms. The first-order valence-electron chi connectivity index (χ1n) is 6.78. The van der Waals surface area contributed by atoms with Crippen molar-refractivity contribution >= 4 is 23.4 Å². The van der Waals surface area contributed by atoms with Crippen molar-refractivity contribution in [3.05, 3.63) is 65.7 Å². The van der Waals surface area contributed by atoms with E-state index in [1.165, 1.54) is 0 Å². The number of rotatable bonds is 6. The van der Waals surface area contributed by atoms with Crippen LogP contribution in [0.15, 0.2) is 54.6 Å². The van der Waals surface area contributed by atoms with Gasteiger partial charge in [-0.15, -0.1) is 11.8 Å². The topological polar surface area (TPSA) is 40.5 Å². The molecular weight excluding hydrogens is 282 g/mol. The van der Waals surface area contributed by atoms with Crippen LogP contribution in [-0.4, -0.2) is 23.8 Å². The van der Waals surface area contributed by atoms with Gasteiger partial charge in [0.05, 0.1) is 12.4 Å². The second-order valence-electron chi connectivity index (χ2n) is 4.76. The molecular formula is C17H19NO2S. The molecule has 0 aliphatic heterocycles. The van der Waals surface area contributed by atoms with Crippen molar-refractivity contribution < 1.29 is 9.90 Å². The predicted octanol–water partition coefficient (Wildman–Crippen LogP) is 3.08. The van der Waals surface area contributed by atoms with Gasteiger partial charge in [-0.2, -0.15) is 0 Å². The van der Waals surface area contributed by atoms with Crippen LogP contribution in [0.4, 0.5) is 5.69 Å². The van der Waals surface area contributed by atoms with Crippen LogP contribution >= 0.6 is 11.8 Å². The Balaban J connectivity index is 1.81. The third-order valence-electron chi connectivity index (χ3n) is 3.22. The first kappa shape index (κ1) is 15.6. The van der Waals surface area contributed by atoms with Crippen LogP contribution in [0.2, 0.25) is 0 Å². The number of amides is 1. The van der Waals surface area contributed by atoms with E-state index < -0.39 is 0 Å². The van der Waals surface area contributed by atoms with Crippen molar-refractivity contribution in [2.75, 3.05) is 17.7 Å². The summed E-state index contributed by atoms with van der Waals surface area (Å²) < 4.78 is 0. The molecule has 1 amide bonds. The molecule has 2 aromatic carbocycles. The Morgan fingerprint density at radius 2 is 1.67 bits per heavy atom. The highest BCUT2D eigenvalue weighted by atomic mass is 32.2. The first-order chi connectivity index (χ1) is 10.2. The maximum atomic E-state index is 12.1. The zero-order valence-electron chi connectivity index (χ0n) is 12.0. The van der Waals surface area contributed by atoms with Crippen molar-refractivity contribution in [3.8, 4) is 0 Å². The van der Waals surface area contributed by atoms with Gasteiger partial charge in [0.15, 0.2) is 0 Å². The maximum absolute atomic E-state index is 12.1. The third-order valence-corrected chi connectivity index (χ3v) is 4.21. The number of anilines is 1. The summed E-state index contributed by atoms with van der Waals surface area (Å²) >= 11 is 1.60. The Labute approximate surface area is 129 Å². The minimum absolute atomic E-state index is 0.0633. The molecule has 0 radical (unpaired) electrons. The van der Waals surface area contributed by atoms with E-state index in [9.17, 15) is 4.79 Å². The second-order valence-corrected chi connectivity index (χ2v) is 5.74. The van der Waals surface area contributed by atoms with Crippen LogP contribution < -0.4 is 4.90 Å². The number of carbonyl (C=O) groups is 1. The van der Waals surface area contributed by atoms with Crippen LogP contribution in [0.5, 0.6) is 0 Å². The van der Waals surface area contributed by atoms with E-state index in [4.69, 9.17) is 5.11 Å². The molecule has 2 aromatic rings. The molecule has 0 aliphatic carbocycles. The Kier molecular flexibility index (Phi) is 5.84. The van der Waals surface area contributed by atoms with Gasteiger partial charge in [0.1, 0.15) is 0 Å².